The van der Waals surface area contributed by atoms with Gasteiger partial charge < -0.3 is 15.3 Å². The highest BCUT2D eigenvalue weighted by molar-refractivity contribution is 5.76. The molecule has 34 heavy (non-hydrogen) atoms. The molecule has 0 aromatic rings. The molecule has 3 N–H and O–H groups in total. The third kappa shape index (κ3) is 2.76. The lowest BCUT2D eigenvalue weighted by molar-refractivity contribution is -0.232. The van der Waals surface area contributed by atoms with Gasteiger partial charge in [-0.3, -0.25) is 4.79 Å². The van der Waals surface area contributed by atoms with Gasteiger partial charge in [0.1, 0.15) is 0 Å². The van der Waals surface area contributed by atoms with Gasteiger partial charge in [-0.2, -0.15) is 0 Å². The first-order valence-electron chi connectivity index (χ1n) is 14.0. The van der Waals surface area contributed by atoms with Crippen LogP contribution in [0.4, 0.5) is 0 Å². The molecule has 4 heteroatoms. The zero-order valence-electron chi connectivity index (χ0n) is 22.5. The maximum atomic E-state index is 12.8. The fourth-order valence-electron chi connectivity index (χ4n) is 11.0. The van der Waals surface area contributed by atoms with Crippen LogP contribution in [-0.2, 0) is 4.79 Å². The van der Waals surface area contributed by atoms with Gasteiger partial charge in [-0.1, -0.05) is 60.1 Å². The van der Waals surface area contributed by atoms with Crippen molar-refractivity contribution in [3.05, 3.63) is 11.6 Å². The van der Waals surface area contributed by atoms with Crippen LogP contribution in [0.15, 0.2) is 11.6 Å². The molecule has 0 amide bonds. The predicted molar refractivity (Wildman–Crippen MR) is 134 cm³/mol. The molecular weight excluding hydrogens is 424 g/mol. The van der Waals surface area contributed by atoms with Crippen LogP contribution in [0.2, 0.25) is 0 Å². The van der Waals surface area contributed by atoms with Crippen molar-refractivity contribution >= 4 is 5.97 Å². The number of carboxylic acids is 1. The summed E-state index contributed by atoms with van der Waals surface area (Å²) in [6, 6.07) is 0. The molecule has 0 aliphatic heterocycles. The third-order valence-corrected chi connectivity index (χ3v) is 13.4. The number of carbonyl (C=O) groups is 1. The Kier molecular flexibility index (Phi) is 5.36. The first-order chi connectivity index (χ1) is 15.7. The Morgan fingerprint density at radius 1 is 0.941 bits per heavy atom. The molecule has 0 saturated heterocycles. The van der Waals surface area contributed by atoms with Gasteiger partial charge in [-0.25, -0.2) is 0 Å². The van der Waals surface area contributed by atoms with Crippen LogP contribution in [0.5, 0.6) is 0 Å². The minimum Gasteiger partial charge on any atom is -0.481 e. The van der Waals surface area contributed by atoms with Gasteiger partial charge in [0, 0.05) is 0 Å². The Morgan fingerprint density at radius 3 is 2.26 bits per heavy atom. The summed E-state index contributed by atoms with van der Waals surface area (Å²) in [6.07, 6.45) is 8.53. The molecule has 5 aliphatic rings. The van der Waals surface area contributed by atoms with E-state index in [1.54, 1.807) is 0 Å². The lowest BCUT2D eigenvalue weighted by atomic mass is 9.33. The standard InChI is InChI=1S/C30H48O4/c1-17-10-13-30(25(33)34)15-14-28(6)19(23(30)18(17)2)8-9-22-27(5)16-20(31)24(32)26(3,4)21(27)11-12-29(22,28)7/h8,17-18,20-24,31-32H,9-16H2,1-7H3,(H,33,34)/t17-,18+,20-,21+,22-,23+,24+,27+,28-,29-,30+/m0/s1. The van der Waals surface area contributed by atoms with Gasteiger partial charge in [-0.15, -0.1) is 0 Å². The van der Waals surface area contributed by atoms with Gasteiger partial charge in [0.05, 0.1) is 17.6 Å². The van der Waals surface area contributed by atoms with Crippen LogP contribution >= 0.6 is 0 Å². The number of fused-ring (bicyclic) bond motifs is 7. The Balaban J connectivity index is 1.62. The summed E-state index contributed by atoms with van der Waals surface area (Å²) >= 11 is 0. The predicted octanol–water partition coefficient (Wildman–Crippen LogP) is 6.06. The smallest absolute Gasteiger partial charge is 0.310 e. The summed E-state index contributed by atoms with van der Waals surface area (Å²) in [6.45, 7) is 16.3. The van der Waals surface area contributed by atoms with E-state index < -0.39 is 23.6 Å². The van der Waals surface area contributed by atoms with Crippen molar-refractivity contribution in [1.82, 2.24) is 0 Å². The van der Waals surface area contributed by atoms with Crippen molar-refractivity contribution in [2.45, 2.75) is 112 Å². The van der Waals surface area contributed by atoms with Crippen molar-refractivity contribution in [3.63, 3.8) is 0 Å². The molecule has 11 atom stereocenters. The van der Waals surface area contributed by atoms with E-state index in [2.05, 4.69) is 54.5 Å². The summed E-state index contributed by atoms with van der Waals surface area (Å²) in [5.41, 5.74) is 0.574. The quantitative estimate of drug-likeness (QED) is 0.405. The summed E-state index contributed by atoms with van der Waals surface area (Å²) < 4.78 is 0. The molecular formula is C30H48O4. The van der Waals surface area contributed by atoms with Crippen molar-refractivity contribution in [3.8, 4) is 0 Å². The number of aliphatic carboxylic acids is 1. The van der Waals surface area contributed by atoms with Crippen LogP contribution < -0.4 is 0 Å². The zero-order chi connectivity index (χ0) is 25.1. The second-order valence-electron chi connectivity index (χ2n) is 14.6. The Hall–Kier alpha value is -0.870. The van der Waals surface area contributed by atoms with E-state index in [1.807, 2.05) is 0 Å². The molecule has 4 fully saturated rings. The van der Waals surface area contributed by atoms with Crippen LogP contribution in [0.3, 0.4) is 0 Å². The normalized spacial score (nSPS) is 56.3. The molecule has 192 valence electrons. The number of aliphatic hydroxyl groups is 2. The van der Waals surface area contributed by atoms with Crippen LogP contribution in [-0.4, -0.2) is 33.5 Å². The largest absolute Gasteiger partial charge is 0.481 e. The average molecular weight is 473 g/mol. The van der Waals surface area contributed by atoms with Crippen molar-refractivity contribution in [1.29, 1.82) is 0 Å². The maximum absolute atomic E-state index is 12.8. The minimum atomic E-state index is -0.679. The highest BCUT2D eigenvalue weighted by atomic mass is 16.4. The van der Waals surface area contributed by atoms with E-state index in [4.69, 9.17) is 0 Å². The summed E-state index contributed by atoms with van der Waals surface area (Å²) in [5, 5.41) is 32.4. The SMILES string of the molecule is C[C@@H]1[C@@H](C)CC[C@@]2(C(=O)O)CC[C@@]3(C)C(=CC[C@H]4[C@]5(C)C[C@H](O)[C@@H](O)C(C)(C)[C@H]5CC[C@@]43C)[C@@H]12. The summed E-state index contributed by atoms with van der Waals surface area (Å²) in [7, 11) is 0. The maximum Gasteiger partial charge on any atom is 0.310 e. The molecule has 4 saturated carbocycles. The molecule has 0 spiro atoms. The van der Waals surface area contributed by atoms with Crippen LogP contribution in [0.25, 0.3) is 0 Å². The van der Waals surface area contributed by atoms with E-state index in [1.165, 1.54) is 5.57 Å². The summed E-state index contributed by atoms with van der Waals surface area (Å²) in [5.74, 6) is 1.30. The van der Waals surface area contributed by atoms with Crippen molar-refractivity contribution in [2.75, 3.05) is 0 Å². The highest BCUT2D eigenvalue weighted by Crippen LogP contribution is 2.75. The molecule has 0 heterocycles. The first-order valence-corrected chi connectivity index (χ1v) is 14.0. The van der Waals surface area contributed by atoms with Gasteiger partial charge in [0.25, 0.3) is 0 Å². The van der Waals surface area contributed by atoms with Gasteiger partial charge in [0.2, 0.25) is 0 Å². The lowest BCUT2D eigenvalue weighted by Crippen LogP contribution is -2.67. The number of hydrogen-bond donors (Lipinski definition) is 3. The molecule has 5 aliphatic carbocycles. The second kappa shape index (κ2) is 7.34. The van der Waals surface area contributed by atoms with Crippen molar-refractivity contribution < 1.29 is 20.1 Å². The zero-order valence-corrected chi connectivity index (χ0v) is 22.5. The van der Waals surface area contributed by atoms with Gasteiger partial charge in [-0.05, 0) is 103 Å². The Morgan fingerprint density at radius 2 is 1.62 bits per heavy atom. The Bertz CT molecular complexity index is 907. The van der Waals surface area contributed by atoms with Gasteiger partial charge in [0.15, 0.2) is 0 Å². The number of allylic oxidation sites excluding steroid dienone is 2. The van der Waals surface area contributed by atoms with Crippen molar-refractivity contribution in [2.24, 2.45) is 56.7 Å². The fraction of sp³-hybridized carbons (Fsp3) is 0.900. The van der Waals surface area contributed by atoms with Gasteiger partial charge >= 0.3 is 5.97 Å². The molecule has 4 nitrogen and oxygen atoms in total. The van der Waals surface area contributed by atoms with E-state index in [0.29, 0.717) is 30.1 Å². The molecule has 0 unspecified atom stereocenters. The van der Waals surface area contributed by atoms with E-state index >= 15 is 0 Å². The van der Waals surface area contributed by atoms with E-state index in [0.717, 1.165) is 44.9 Å². The third-order valence-electron chi connectivity index (χ3n) is 13.4. The average Bonchev–Trinajstić information content (AvgIpc) is 2.75. The molecule has 5 rings (SSSR count). The molecule has 0 bridgehead atoms. The molecule has 0 aromatic carbocycles. The van der Waals surface area contributed by atoms with Crippen LogP contribution in [0.1, 0.15) is 99.8 Å². The minimum absolute atomic E-state index is 0.00993. The second-order valence-corrected chi connectivity index (χ2v) is 14.6. The number of hydrogen-bond acceptors (Lipinski definition) is 3. The Labute approximate surface area is 206 Å². The number of carboxylic acid groups (broad SMARTS) is 1. The molecule has 0 radical (unpaired) electrons. The first kappa shape index (κ1) is 24.8. The van der Waals surface area contributed by atoms with Crippen LogP contribution in [0, 0.1) is 56.7 Å². The summed E-state index contributed by atoms with van der Waals surface area (Å²) in [4.78, 5) is 12.8. The van der Waals surface area contributed by atoms with E-state index in [-0.39, 0.29) is 27.6 Å². The monoisotopic (exact) mass is 472 g/mol. The molecule has 0 aromatic heterocycles. The number of rotatable bonds is 1. The topological polar surface area (TPSA) is 77.8 Å². The fourth-order valence-corrected chi connectivity index (χ4v) is 11.0. The van der Waals surface area contributed by atoms with E-state index in [9.17, 15) is 20.1 Å². The number of aliphatic hydroxyl groups excluding tert-OH is 2. The highest BCUT2D eigenvalue weighted by Gasteiger charge is 2.70. The lowest BCUT2D eigenvalue weighted by Gasteiger charge is -2.71.